The van der Waals surface area contributed by atoms with Crippen LogP contribution in [0.3, 0.4) is 0 Å². The molecule has 0 heterocycles. The first-order valence-corrected chi connectivity index (χ1v) is 14.0. The van der Waals surface area contributed by atoms with Crippen molar-refractivity contribution < 1.29 is 164 Å². The molecule has 0 N–H and O–H groups in total. The van der Waals surface area contributed by atoms with Gasteiger partial charge in [0.25, 0.3) is 0 Å². The Kier molecular flexibility index (Phi) is 42.2. The molecule has 0 aliphatic carbocycles. The standard InChI is InChI=1S/7H2O4S.2Re/c7*1-5(2,3)4;;/h7*(H2,1,2,3,4);;/q;;;;;;;2*+7/p-14. The van der Waals surface area contributed by atoms with Crippen LogP contribution in [0.25, 0.3) is 0 Å². The Balaban J connectivity index is -0.0000000350. The molecule has 0 aromatic rings. The molecule has 0 rings (SSSR count). The van der Waals surface area contributed by atoms with Gasteiger partial charge in [-0.25, -0.2) is 0 Å². The van der Waals surface area contributed by atoms with Crippen LogP contribution in [-0.2, 0) is 114 Å². The summed E-state index contributed by atoms with van der Waals surface area (Å²) >= 11 is 0. The molecule has 37 heteroatoms. The van der Waals surface area contributed by atoms with E-state index in [-0.39, 0.29) is 40.8 Å². The summed E-state index contributed by atoms with van der Waals surface area (Å²) in [4.78, 5) is 0. The third-order valence-electron chi connectivity index (χ3n) is 0. The molecule has 224 valence electrons. The molecule has 0 amide bonds. The molecule has 0 radical (unpaired) electrons. The average molecular weight is 1040 g/mol. The van der Waals surface area contributed by atoms with Gasteiger partial charge in [-0.2, -0.15) is 0 Å². The van der Waals surface area contributed by atoms with Crippen molar-refractivity contribution >= 4 is 72.8 Å². The van der Waals surface area contributed by atoms with Gasteiger partial charge in [0.2, 0.25) is 0 Å². The van der Waals surface area contributed by atoms with Gasteiger partial charge in [0.1, 0.15) is 0 Å². The summed E-state index contributed by atoms with van der Waals surface area (Å²) < 4.78 is 239. The Labute approximate surface area is 234 Å². The van der Waals surface area contributed by atoms with Crippen molar-refractivity contribution in [1.29, 1.82) is 0 Å². The fraction of sp³-hybridized carbons (Fsp3) is 0. The smallest absolute Gasteiger partial charge is 0.759 e. The van der Waals surface area contributed by atoms with Gasteiger partial charge >= 0.3 is 40.8 Å². The van der Waals surface area contributed by atoms with Crippen LogP contribution in [0, 0.1) is 0 Å². The van der Waals surface area contributed by atoms with Crippen molar-refractivity contribution in [3.8, 4) is 0 Å². The molecule has 28 nitrogen and oxygen atoms in total. The quantitative estimate of drug-likeness (QED) is 0.161. The molecule has 0 fully saturated rings. The zero-order valence-electron chi connectivity index (χ0n) is 15.0. The summed E-state index contributed by atoms with van der Waals surface area (Å²) in [5.41, 5.74) is 0. The average Bonchev–Trinajstić information content (AvgIpc) is 2.06. The number of rotatable bonds is 0. The van der Waals surface area contributed by atoms with E-state index in [9.17, 15) is 0 Å². The molecule has 0 atom stereocenters. The van der Waals surface area contributed by atoms with Gasteiger partial charge in [0.05, 0.1) is 0 Å². The van der Waals surface area contributed by atoms with E-state index in [1.165, 1.54) is 0 Å². The first kappa shape index (κ1) is 61.4. The molecule has 0 saturated heterocycles. The Morgan fingerprint density at radius 3 is 0.189 bits per heavy atom. The van der Waals surface area contributed by atoms with E-state index in [2.05, 4.69) is 0 Å². The first-order valence-electron chi connectivity index (χ1n) is 4.67. The Morgan fingerprint density at radius 2 is 0.189 bits per heavy atom. The van der Waals surface area contributed by atoms with E-state index in [0.29, 0.717) is 0 Å². The predicted molar refractivity (Wildman–Crippen MR) is 73.3 cm³/mol. The molecule has 0 saturated carbocycles. The largest absolute Gasteiger partial charge is 7.00 e. The summed E-state index contributed by atoms with van der Waals surface area (Å²) in [6.07, 6.45) is 0. The molecule has 0 aliphatic heterocycles. The van der Waals surface area contributed by atoms with E-state index in [1.807, 2.05) is 0 Å². The Morgan fingerprint density at radius 1 is 0.189 bits per heavy atom. The second-order valence-electron chi connectivity index (χ2n) is 2.86. The Bertz CT molecular complexity index is 914. The molecule has 0 bridgehead atoms. The van der Waals surface area contributed by atoms with Crippen molar-refractivity contribution in [3.05, 3.63) is 0 Å². The second-order valence-corrected chi connectivity index (χ2v) is 8.57. The summed E-state index contributed by atoms with van der Waals surface area (Å²) in [6, 6.07) is 0. The van der Waals surface area contributed by atoms with Crippen LogP contribution in [0.1, 0.15) is 0 Å². The van der Waals surface area contributed by atoms with Crippen molar-refractivity contribution in [1.82, 2.24) is 0 Å². The van der Waals surface area contributed by atoms with Crippen molar-refractivity contribution in [2.75, 3.05) is 0 Å². The van der Waals surface area contributed by atoms with Gasteiger partial charge in [-0.05, 0) is 0 Å². The van der Waals surface area contributed by atoms with E-state index >= 15 is 0 Å². The molecule has 0 aromatic heterocycles. The van der Waals surface area contributed by atoms with Crippen LogP contribution >= 0.6 is 0 Å². The molecule has 0 aromatic carbocycles. The van der Waals surface area contributed by atoms with Crippen LogP contribution in [0.15, 0.2) is 0 Å². The minimum atomic E-state index is -5.17. The third-order valence-corrected chi connectivity index (χ3v) is 0. The van der Waals surface area contributed by atoms with Gasteiger partial charge in [0, 0.05) is 72.8 Å². The molecular formula is O28Re2S7. The zero-order valence-corrected chi connectivity index (χ0v) is 26.2. The van der Waals surface area contributed by atoms with Crippen LogP contribution in [0.5, 0.6) is 0 Å². The first-order chi connectivity index (χ1) is 14.0. The van der Waals surface area contributed by atoms with Crippen LogP contribution in [0.4, 0.5) is 0 Å². The number of hydrogen-bond donors (Lipinski definition) is 0. The molecule has 0 spiro atoms. The monoisotopic (exact) mass is 1050 g/mol. The van der Waals surface area contributed by atoms with Gasteiger partial charge in [0.15, 0.2) is 0 Å². The van der Waals surface area contributed by atoms with Gasteiger partial charge in [-0.3, -0.25) is 58.9 Å². The van der Waals surface area contributed by atoms with Crippen molar-refractivity contribution in [2.24, 2.45) is 0 Å². The zero-order chi connectivity index (χ0) is 31.5. The van der Waals surface area contributed by atoms with E-state index < -0.39 is 72.8 Å². The summed E-state index contributed by atoms with van der Waals surface area (Å²) in [7, 11) is -36.2. The van der Waals surface area contributed by atoms with Crippen molar-refractivity contribution in [2.45, 2.75) is 0 Å². The minimum Gasteiger partial charge on any atom is -0.759 e. The topological polar surface area (TPSA) is 562 Å². The molecule has 0 aliphatic rings. The summed E-state index contributed by atoms with van der Waals surface area (Å²) in [5, 5.41) is 0. The van der Waals surface area contributed by atoms with E-state index in [4.69, 9.17) is 123 Å². The SMILES string of the molecule is O=S(=O)([O-])[O-].O=S(=O)([O-])[O-].O=S(=O)([O-])[O-].O=S(=O)([O-])[O-].O=S(=O)([O-])[O-].O=S(=O)([O-])[O-].O=S(=O)([O-])[O-].[Re+7].[Re+7]. The van der Waals surface area contributed by atoms with E-state index in [0.717, 1.165) is 0 Å². The molecule has 0 unspecified atom stereocenters. The van der Waals surface area contributed by atoms with Crippen LogP contribution in [0.2, 0.25) is 0 Å². The molecular weight excluding hydrogens is 1040 g/mol. The second kappa shape index (κ2) is 25.4. The Hall–Kier alpha value is 0.415. The minimum absolute atomic E-state index is 0. The predicted octanol–water partition coefficient (Wildman–Crippen LogP) is -9.37. The van der Waals surface area contributed by atoms with Crippen LogP contribution in [-0.4, -0.2) is 123 Å². The fourth-order valence-corrected chi connectivity index (χ4v) is 0. The number of hydrogen-bond acceptors (Lipinski definition) is 28. The van der Waals surface area contributed by atoms with Gasteiger partial charge < -0.3 is 63.7 Å². The fourth-order valence-electron chi connectivity index (χ4n) is 0. The maximum atomic E-state index is 8.52. The van der Waals surface area contributed by atoms with E-state index in [1.54, 1.807) is 0 Å². The van der Waals surface area contributed by atoms with Crippen LogP contribution < -0.4 is 0 Å². The van der Waals surface area contributed by atoms with Crippen molar-refractivity contribution in [3.63, 3.8) is 0 Å². The summed E-state index contributed by atoms with van der Waals surface area (Å²) in [6.45, 7) is 0. The maximum Gasteiger partial charge on any atom is 7.00 e. The molecule has 37 heavy (non-hydrogen) atoms. The van der Waals surface area contributed by atoms with Gasteiger partial charge in [-0.1, -0.05) is 0 Å². The normalized spacial score (nSPS) is 11.0. The third kappa shape index (κ3) is 251000. The van der Waals surface area contributed by atoms with Gasteiger partial charge in [-0.15, -0.1) is 0 Å². The maximum absolute atomic E-state index is 8.52. The summed E-state index contributed by atoms with van der Waals surface area (Å²) in [5.74, 6) is 0.